The number of hydrogen-bond donors (Lipinski definition) is 1. The van der Waals surface area contributed by atoms with Crippen molar-refractivity contribution in [3.05, 3.63) is 35.4 Å². The van der Waals surface area contributed by atoms with Crippen molar-refractivity contribution in [3.63, 3.8) is 0 Å². The molecule has 0 fully saturated rings. The molecule has 5 heteroatoms. The fourth-order valence-electron chi connectivity index (χ4n) is 1.60. The van der Waals surface area contributed by atoms with E-state index in [9.17, 15) is 18.0 Å². The first-order valence-electron chi connectivity index (χ1n) is 5.75. The zero-order valence-corrected chi connectivity index (χ0v) is 10.1. The van der Waals surface area contributed by atoms with Gasteiger partial charge in [-0.1, -0.05) is 25.1 Å². The molecule has 1 aromatic carbocycles. The summed E-state index contributed by atoms with van der Waals surface area (Å²) in [4.78, 5) is 11.8. The molecule has 0 heterocycles. The molecule has 100 valence electrons. The van der Waals surface area contributed by atoms with Crippen LogP contribution in [0.5, 0.6) is 0 Å². The van der Waals surface area contributed by atoms with Crippen molar-refractivity contribution in [3.8, 4) is 0 Å². The molecular weight excluding hydrogens is 243 g/mol. The van der Waals surface area contributed by atoms with Crippen molar-refractivity contribution in [2.45, 2.75) is 25.9 Å². The Morgan fingerprint density at radius 3 is 2.50 bits per heavy atom. The monoisotopic (exact) mass is 259 g/mol. The lowest BCUT2D eigenvalue weighted by Gasteiger charge is -2.12. The van der Waals surface area contributed by atoms with E-state index in [1.807, 2.05) is 6.92 Å². The third kappa shape index (κ3) is 3.84. The summed E-state index contributed by atoms with van der Waals surface area (Å²) in [6, 6.07) is 4.87. The summed E-state index contributed by atoms with van der Waals surface area (Å²) in [5.41, 5.74) is 4.28. The fourth-order valence-corrected chi connectivity index (χ4v) is 1.60. The first kappa shape index (κ1) is 14.7. The second-order valence-corrected chi connectivity index (χ2v) is 4.35. The van der Waals surface area contributed by atoms with E-state index >= 15 is 0 Å². The Balaban J connectivity index is 2.86. The molecule has 0 aromatic heterocycles. The maximum absolute atomic E-state index is 12.7. The molecule has 1 aromatic rings. The Hall–Kier alpha value is -1.36. The Morgan fingerprint density at radius 1 is 1.33 bits per heavy atom. The van der Waals surface area contributed by atoms with Gasteiger partial charge in [-0.15, -0.1) is 0 Å². The van der Waals surface area contributed by atoms with Crippen molar-refractivity contribution in [2.24, 2.45) is 11.7 Å². The van der Waals surface area contributed by atoms with Gasteiger partial charge < -0.3 is 5.73 Å². The van der Waals surface area contributed by atoms with Crippen LogP contribution in [0.3, 0.4) is 0 Å². The standard InChI is InChI=1S/C13H16F3NO/c1-9(8-17)6-7-12(18)10-4-2-3-5-11(10)13(14,15)16/h2-5,9H,6-8,17H2,1H3. The summed E-state index contributed by atoms with van der Waals surface area (Å²) in [6.45, 7) is 2.29. The van der Waals surface area contributed by atoms with Gasteiger partial charge in [0.25, 0.3) is 0 Å². The minimum atomic E-state index is -4.49. The van der Waals surface area contributed by atoms with Crippen LogP contribution in [-0.2, 0) is 6.18 Å². The third-order valence-corrected chi connectivity index (χ3v) is 2.80. The van der Waals surface area contributed by atoms with Gasteiger partial charge in [0.15, 0.2) is 5.78 Å². The lowest BCUT2D eigenvalue weighted by atomic mass is 9.97. The second kappa shape index (κ2) is 6.00. The Bertz CT molecular complexity index is 415. The summed E-state index contributed by atoms with van der Waals surface area (Å²) < 4.78 is 38.1. The molecule has 18 heavy (non-hydrogen) atoms. The van der Waals surface area contributed by atoms with Gasteiger partial charge >= 0.3 is 6.18 Å². The van der Waals surface area contributed by atoms with Gasteiger partial charge in [0.05, 0.1) is 5.56 Å². The van der Waals surface area contributed by atoms with Gasteiger partial charge in [0, 0.05) is 12.0 Å². The zero-order chi connectivity index (χ0) is 13.8. The molecule has 0 saturated carbocycles. The molecule has 0 radical (unpaired) electrons. The van der Waals surface area contributed by atoms with E-state index in [0.29, 0.717) is 13.0 Å². The van der Waals surface area contributed by atoms with Crippen LogP contribution in [0.25, 0.3) is 0 Å². The number of carbonyl (C=O) groups excluding carboxylic acids is 1. The second-order valence-electron chi connectivity index (χ2n) is 4.35. The van der Waals surface area contributed by atoms with E-state index in [-0.39, 0.29) is 17.9 Å². The molecule has 0 aliphatic rings. The van der Waals surface area contributed by atoms with Gasteiger partial charge in [-0.05, 0) is 24.9 Å². The largest absolute Gasteiger partial charge is 0.417 e. The highest BCUT2D eigenvalue weighted by Crippen LogP contribution is 2.32. The minimum absolute atomic E-state index is 0.0887. The van der Waals surface area contributed by atoms with Crippen LogP contribution in [-0.4, -0.2) is 12.3 Å². The highest BCUT2D eigenvalue weighted by atomic mass is 19.4. The summed E-state index contributed by atoms with van der Waals surface area (Å²) in [5, 5.41) is 0. The number of halogens is 3. The molecule has 0 aliphatic carbocycles. The van der Waals surface area contributed by atoms with Crippen molar-refractivity contribution in [1.82, 2.24) is 0 Å². The number of alkyl halides is 3. The van der Waals surface area contributed by atoms with Crippen LogP contribution in [0, 0.1) is 5.92 Å². The molecule has 2 nitrogen and oxygen atoms in total. The van der Waals surface area contributed by atoms with Gasteiger partial charge in [-0.25, -0.2) is 0 Å². The van der Waals surface area contributed by atoms with E-state index < -0.39 is 17.5 Å². The summed E-state index contributed by atoms with van der Waals surface area (Å²) in [5.74, 6) is -0.352. The predicted molar refractivity (Wildman–Crippen MR) is 63.2 cm³/mol. The number of rotatable bonds is 5. The van der Waals surface area contributed by atoms with Crippen molar-refractivity contribution >= 4 is 5.78 Å². The highest BCUT2D eigenvalue weighted by molar-refractivity contribution is 5.97. The molecule has 0 bridgehead atoms. The summed E-state index contributed by atoms with van der Waals surface area (Å²) in [6.07, 6.45) is -3.90. The van der Waals surface area contributed by atoms with E-state index in [0.717, 1.165) is 6.07 Å². The minimum Gasteiger partial charge on any atom is -0.330 e. The van der Waals surface area contributed by atoms with Crippen LogP contribution in [0.2, 0.25) is 0 Å². The SMILES string of the molecule is CC(CN)CCC(=O)c1ccccc1C(F)(F)F. The zero-order valence-electron chi connectivity index (χ0n) is 10.1. The van der Waals surface area contributed by atoms with Crippen molar-refractivity contribution in [1.29, 1.82) is 0 Å². The average Bonchev–Trinajstić information content (AvgIpc) is 2.34. The van der Waals surface area contributed by atoms with Crippen LogP contribution < -0.4 is 5.73 Å². The Morgan fingerprint density at radius 2 is 1.94 bits per heavy atom. The molecule has 1 atom stereocenters. The normalized spacial score (nSPS) is 13.4. The quantitative estimate of drug-likeness (QED) is 0.825. The van der Waals surface area contributed by atoms with Crippen LogP contribution in [0.15, 0.2) is 24.3 Å². The number of Topliss-reactive ketones (excluding diaryl/α,β-unsaturated/α-hetero) is 1. The van der Waals surface area contributed by atoms with Crippen LogP contribution in [0.4, 0.5) is 13.2 Å². The number of carbonyl (C=O) groups is 1. The summed E-state index contributed by atoms with van der Waals surface area (Å²) in [7, 11) is 0. The maximum atomic E-state index is 12.7. The topological polar surface area (TPSA) is 43.1 Å². The van der Waals surface area contributed by atoms with Gasteiger partial charge in [-0.3, -0.25) is 4.79 Å². The Labute approximate surface area is 104 Å². The van der Waals surface area contributed by atoms with Crippen molar-refractivity contribution < 1.29 is 18.0 Å². The van der Waals surface area contributed by atoms with Crippen molar-refractivity contribution in [2.75, 3.05) is 6.54 Å². The number of ketones is 1. The van der Waals surface area contributed by atoms with Gasteiger partial charge in [0.1, 0.15) is 0 Å². The highest BCUT2D eigenvalue weighted by Gasteiger charge is 2.34. The van der Waals surface area contributed by atoms with Gasteiger partial charge in [0.2, 0.25) is 0 Å². The lowest BCUT2D eigenvalue weighted by Crippen LogP contribution is -2.15. The lowest BCUT2D eigenvalue weighted by molar-refractivity contribution is -0.137. The molecule has 0 spiro atoms. The first-order chi connectivity index (χ1) is 8.36. The average molecular weight is 259 g/mol. The Kier molecular flexibility index (Phi) is 4.90. The third-order valence-electron chi connectivity index (χ3n) is 2.80. The molecule has 0 amide bonds. The van der Waals surface area contributed by atoms with Gasteiger partial charge in [-0.2, -0.15) is 13.2 Å². The van der Waals surface area contributed by atoms with Crippen LogP contribution >= 0.6 is 0 Å². The number of nitrogens with two attached hydrogens (primary N) is 1. The van der Waals surface area contributed by atoms with E-state index in [4.69, 9.17) is 5.73 Å². The fraction of sp³-hybridized carbons (Fsp3) is 0.462. The maximum Gasteiger partial charge on any atom is 0.417 e. The predicted octanol–water partition coefficient (Wildman–Crippen LogP) is 3.26. The summed E-state index contributed by atoms with van der Waals surface area (Å²) >= 11 is 0. The molecule has 1 rings (SSSR count). The van der Waals surface area contributed by atoms with E-state index in [1.54, 1.807) is 0 Å². The molecule has 1 unspecified atom stereocenters. The molecule has 2 N–H and O–H groups in total. The molecule has 0 aliphatic heterocycles. The number of hydrogen-bond acceptors (Lipinski definition) is 2. The van der Waals surface area contributed by atoms with Crippen LogP contribution in [0.1, 0.15) is 35.7 Å². The van der Waals surface area contributed by atoms with E-state index in [1.165, 1.54) is 18.2 Å². The molecule has 0 saturated heterocycles. The first-order valence-corrected chi connectivity index (χ1v) is 5.75. The smallest absolute Gasteiger partial charge is 0.330 e. The van der Waals surface area contributed by atoms with E-state index in [2.05, 4.69) is 0 Å². The molecular formula is C13H16F3NO. The number of benzene rings is 1.